The van der Waals surface area contributed by atoms with E-state index >= 15 is 0 Å². The van der Waals surface area contributed by atoms with Crippen LogP contribution in [0.25, 0.3) is 11.3 Å². The number of hydrogen-bond acceptors (Lipinski definition) is 3. The van der Waals surface area contributed by atoms with Crippen molar-refractivity contribution in [2.75, 3.05) is 0 Å². The van der Waals surface area contributed by atoms with Gasteiger partial charge in [0.15, 0.2) is 0 Å². The monoisotopic (exact) mass is 257 g/mol. The van der Waals surface area contributed by atoms with Gasteiger partial charge in [0.2, 0.25) is 0 Å². The lowest BCUT2D eigenvalue weighted by atomic mass is 10.1. The Bertz CT molecular complexity index is 672. The lowest BCUT2D eigenvalue weighted by Gasteiger charge is -2.10. The van der Waals surface area contributed by atoms with Crippen LogP contribution in [0.3, 0.4) is 0 Å². The van der Waals surface area contributed by atoms with E-state index in [0.29, 0.717) is 0 Å². The van der Waals surface area contributed by atoms with Crippen molar-refractivity contribution in [2.45, 2.75) is 6.92 Å². The topological polar surface area (TPSA) is 77.1 Å². The molecule has 2 aromatic rings. The molecule has 1 aromatic heterocycles. The molecule has 0 saturated carbocycles. The highest BCUT2D eigenvalue weighted by molar-refractivity contribution is 5.93. The number of hydrogen-bond donors (Lipinski definition) is 2. The number of carbonyl (C=O) groups is 1. The number of pyridine rings is 1. The van der Waals surface area contributed by atoms with Crippen LogP contribution >= 0.6 is 0 Å². The molecule has 19 heavy (non-hydrogen) atoms. The van der Waals surface area contributed by atoms with Gasteiger partial charge >= 0.3 is 0 Å². The average Bonchev–Trinajstić information content (AvgIpc) is 2.42. The van der Waals surface area contributed by atoms with E-state index in [4.69, 9.17) is 5.84 Å². The molecule has 1 amide bonds. The van der Waals surface area contributed by atoms with Gasteiger partial charge in [-0.1, -0.05) is 29.8 Å². The number of nitrogens with two attached hydrogens (primary N) is 1. The van der Waals surface area contributed by atoms with Gasteiger partial charge in [-0.05, 0) is 24.6 Å². The predicted molar refractivity (Wildman–Crippen MR) is 73.5 cm³/mol. The van der Waals surface area contributed by atoms with Gasteiger partial charge in [-0.15, -0.1) is 0 Å². The number of rotatable bonds is 2. The zero-order valence-corrected chi connectivity index (χ0v) is 10.8. The molecule has 0 saturated heterocycles. The second-order valence-corrected chi connectivity index (χ2v) is 4.34. The number of aromatic nitrogens is 1. The number of aryl methyl sites for hydroxylation is 1. The summed E-state index contributed by atoms with van der Waals surface area (Å²) in [5, 5.41) is 0. The molecule has 5 heteroatoms. The highest BCUT2D eigenvalue weighted by Gasteiger charge is 2.12. The molecule has 1 aromatic carbocycles. The van der Waals surface area contributed by atoms with E-state index in [1.807, 2.05) is 36.6 Å². The third kappa shape index (κ3) is 2.41. The molecule has 0 aliphatic heterocycles. The van der Waals surface area contributed by atoms with Crippen LogP contribution in [0.4, 0.5) is 0 Å². The van der Waals surface area contributed by atoms with Crippen molar-refractivity contribution in [3.8, 4) is 11.3 Å². The Labute approximate surface area is 110 Å². The van der Waals surface area contributed by atoms with Crippen LogP contribution in [0.1, 0.15) is 15.9 Å². The first-order valence-electron chi connectivity index (χ1n) is 5.82. The van der Waals surface area contributed by atoms with Crippen molar-refractivity contribution in [3.63, 3.8) is 0 Å². The Morgan fingerprint density at radius 3 is 2.37 bits per heavy atom. The van der Waals surface area contributed by atoms with Crippen molar-refractivity contribution in [1.29, 1.82) is 0 Å². The Balaban J connectivity index is 2.56. The van der Waals surface area contributed by atoms with Crippen LogP contribution < -0.4 is 16.8 Å². The molecule has 98 valence electrons. The highest BCUT2D eigenvalue weighted by atomic mass is 16.2. The third-order valence-electron chi connectivity index (χ3n) is 3.03. The first-order valence-corrected chi connectivity index (χ1v) is 5.82. The second kappa shape index (κ2) is 5.07. The number of carbonyl (C=O) groups excluding carboxylic acids is 1. The molecule has 0 radical (unpaired) electrons. The molecule has 0 aliphatic carbocycles. The minimum atomic E-state index is -0.587. The van der Waals surface area contributed by atoms with Gasteiger partial charge in [0.1, 0.15) is 5.56 Å². The standard InChI is InChI=1S/C14H15N3O2/c1-9-3-5-10(6-4-9)12-8-7-11(13(18)16-15)14(19)17(12)2/h3-8H,15H2,1-2H3,(H,16,18). The summed E-state index contributed by atoms with van der Waals surface area (Å²) in [5.41, 5.74) is 4.43. The van der Waals surface area contributed by atoms with E-state index in [-0.39, 0.29) is 11.1 Å². The first-order chi connectivity index (χ1) is 9.04. The quantitative estimate of drug-likeness (QED) is 0.478. The van der Waals surface area contributed by atoms with Crippen molar-refractivity contribution < 1.29 is 4.79 Å². The number of nitrogens with one attached hydrogen (secondary N) is 1. The zero-order chi connectivity index (χ0) is 14.0. The lowest BCUT2D eigenvalue weighted by molar-refractivity contribution is 0.0951. The maximum atomic E-state index is 12.1. The zero-order valence-electron chi connectivity index (χ0n) is 10.8. The van der Waals surface area contributed by atoms with E-state index in [1.165, 1.54) is 10.6 Å². The van der Waals surface area contributed by atoms with Gasteiger partial charge in [0.05, 0.1) is 5.69 Å². The minimum Gasteiger partial charge on any atom is -0.311 e. The largest absolute Gasteiger partial charge is 0.311 e. The normalized spacial score (nSPS) is 10.3. The van der Waals surface area contributed by atoms with Gasteiger partial charge < -0.3 is 4.57 Å². The average molecular weight is 257 g/mol. The maximum absolute atomic E-state index is 12.1. The number of nitrogen functional groups attached to an aromatic ring is 1. The van der Waals surface area contributed by atoms with E-state index in [2.05, 4.69) is 0 Å². The molecule has 0 spiro atoms. The molecule has 5 nitrogen and oxygen atoms in total. The number of nitrogens with zero attached hydrogens (tertiary/aromatic N) is 1. The number of hydrazine groups is 1. The third-order valence-corrected chi connectivity index (χ3v) is 3.03. The Hall–Kier alpha value is -2.40. The van der Waals surface area contributed by atoms with Gasteiger partial charge in [-0.2, -0.15) is 0 Å². The summed E-state index contributed by atoms with van der Waals surface area (Å²) in [7, 11) is 1.63. The fourth-order valence-electron chi connectivity index (χ4n) is 1.90. The van der Waals surface area contributed by atoms with Gasteiger partial charge in [0.25, 0.3) is 11.5 Å². The van der Waals surface area contributed by atoms with E-state index in [0.717, 1.165) is 16.8 Å². The van der Waals surface area contributed by atoms with E-state index < -0.39 is 5.91 Å². The molecular weight excluding hydrogens is 242 g/mol. The summed E-state index contributed by atoms with van der Waals surface area (Å²) < 4.78 is 1.44. The Kier molecular flexibility index (Phi) is 3.48. The van der Waals surface area contributed by atoms with Gasteiger partial charge in [0, 0.05) is 7.05 Å². The van der Waals surface area contributed by atoms with Crippen LogP contribution in [0.15, 0.2) is 41.2 Å². The van der Waals surface area contributed by atoms with Crippen LogP contribution in [0, 0.1) is 6.92 Å². The van der Waals surface area contributed by atoms with E-state index in [9.17, 15) is 9.59 Å². The summed E-state index contributed by atoms with van der Waals surface area (Å²) in [4.78, 5) is 23.5. The van der Waals surface area contributed by atoms with E-state index in [1.54, 1.807) is 13.1 Å². The fraction of sp³-hybridized carbons (Fsp3) is 0.143. The highest BCUT2D eigenvalue weighted by Crippen LogP contribution is 2.18. The summed E-state index contributed by atoms with van der Waals surface area (Å²) in [5.74, 6) is 4.45. The Morgan fingerprint density at radius 2 is 1.79 bits per heavy atom. The van der Waals surface area contributed by atoms with Gasteiger partial charge in [-0.25, -0.2) is 5.84 Å². The molecule has 0 fully saturated rings. The maximum Gasteiger partial charge on any atom is 0.270 e. The van der Waals surface area contributed by atoms with Crippen molar-refractivity contribution in [1.82, 2.24) is 9.99 Å². The molecule has 0 bridgehead atoms. The molecule has 0 unspecified atom stereocenters. The summed E-state index contributed by atoms with van der Waals surface area (Å²) >= 11 is 0. The molecule has 1 heterocycles. The summed E-state index contributed by atoms with van der Waals surface area (Å²) in [6, 6.07) is 11.0. The predicted octanol–water partition coefficient (Wildman–Crippen LogP) is 0.964. The minimum absolute atomic E-state index is 0.0286. The SMILES string of the molecule is Cc1ccc(-c2ccc(C(=O)NN)c(=O)n2C)cc1. The fourth-order valence-corrected chi connectivity index (χ4v) is 1.90. The van der Waals surface area contributed by atoms with Crippen LogP contribution in [-0.4, -0.2) is 10.5 Å². The smallest absolute Gasteiger partial charge is 0.270 e. The molecule has 0 atom stereocenters. The summed E-state index contributed by atoms with van der Waals surface area (Å²) in [6.07, 6.45) is 0. The van der Waals surface area contributed by atoms with Crippen molar-refractivity contribution >= 4 is 5.91 Å². The molecular formula is C14H15N3O2. The lowest BCUT2D eigenvalue weighted by Crippen LogP contribution is -2.36. The van der Waals surface area contributed by atoms with Gasteiger partial charge in [-0.3, -0.25) is 15.0 Å². The van der Waals surface area contributed by atoms with Crippen LogP contribution in [-0.2, 0) is 7.05 Å². The number of amides is 1. The van der Waals surface area contributed by atoms with Crippen molar-refractivity contribution in [2.24, 2.45) is 12.9 Å². The first kappa shape index (κ1) is 13.0. The number of benzene rings is 1. The molecule has 2 rings (SSSR count). The molecule has 0 aliphatic rings. The summed E-state index contributed by atoms with van der Waals surface area (Å²) in [6.45, 7) is 2.00. The second-order valence-electron chi connectivity index (χ2n) is 4.34. The Morgan fingerprint density at radius 1 is 1.16 bits per heavy atom. The van der Waals surface area contributed by atoms with Crippen LogP contribution in [0.5, 0.6) is 0 Å². The molecule has 3 N–H and O–H groups in total. The van der Waals surface area contributed by atoms with Crippen LogP contribution in [0.2, 0.25) is 0 Å². The van der Waals surface area contributed by atoms with Crippen molar-refractivity contribution in [3.05, 3.63) is 57.9 Å².